The molecule has 2 aromatic rings. The minimum atomic E-state index is -0.158. The van der Waals surface area contributed by atoms with Crippen molar-refractivity contribution in [1.29, 1.82) is 0 Å². The zero-order valence-electron chi connectivity index (χ0n) is 19.8. The highest BCUT2D eigenvalue weighted by Gasteiger charge is 2.34. The van der Waals surface area contributed by atoms with E-state index in [0.29, 0.717) is 26.1 Å². The van der Waals surface area contributed by atoms with Crippen LogP contribution in [0.4, 0.5) is 0 Å². The fourth-order valence-corrected chi connectivity index (χ4v) is 5.70. The molecule has 0 spiro atoms. The number of fused-ring (bicyclic) bond motifs is 1. The van der Waals surface area contributed by atoms with E-state index in [2.05, 4.69) is 24.4 Å². The molecule has 0 aliphatic carbocycles. The van der Waals surface area contributed by atoms with Gasteiger partial charge in [0.15, 0.2) is 0 Å². The number of thiophene rings is 1. The molecule has 4 rings (SSSR count). The number of hydrogen-bond acceptors (Lipinski definition) is 5. The summed E-state index contributed by atoms with van der Waals surface area (Å²) >= 11 is 1.74. The van der Waals surface area contributed by atoms with Crippen molar-refractivity contribution in [3.8, 4) is 5.75 Å². The highest BCUT2D eigenvalue weighted by atomic mass is 32.1. The zero-order chi connectivity index (χ0) is 23.4. The first-order chi connectivity index (χ1) is 16.0. The van der Waals surface area contributed by atoms with E-state index in [1.165, 1.54) is 10.4 Å². The Morgan fingerprint density at radius 3 is 2.85 bits per heavy atom. The highest BCUT2D eigenvalue weighted by Crippen LogP contribution is 2.34. The zero-order valence-corrected chi connectivity index (χ0v) is 20.7. The number of carbonyl (C=O) groups is 2. The molecule has 2 aliphatic heterocycles. The Hall–Kier alpha value is -2.38. The van der Waals surface area contributed by atoms with E-state index in [0.717, 1.165) is 42.7 Å². The van der Waals surface area contributed by atoms with Gasteiger partial charge in [0, 0.05) is 31.0 Å². The van der Waals surface area contributed by atoms with Crippen LogP contribution in [0.15, 0.2) is 29.6 Å². The molecule has 0 N–H and O–H groups in total. The second-order valence-electron chi connectivity index (χ2n) is 8.99. The topological polar surface area (TPSA) is 59.1 Å². The molecule has 1 fully saturated rings. The molecule has 1 aromatic carbocycles. The van der Waals surface area contributed by atoms with E-state index in [-0.39, 0.29) is 30.5 Å². The van der Waals surface area contributed by atoms with Gasteiger partial charge in [-0.05, 0) is 61.7 Å². The summed E-state index contributed by atoms with van der Waals surface area (Å²) in [5.41, 5.74) is 3.45. The maximum absolute atomic E-state index is 13.5. The van der Waals surface area contributed by atoms with Gasteiger partial charge < -0.3 is 19.3 Å². The molecule has 6 nitrogen and oxygen atoms in total. The fourth-order valence-electron chi connectivity index (χ4n) is 4.77. The van der Waals surface area contributed by atoms with Crippen molar-refractivity contribution >= 4 is 23.2 Å². The number of hydrogen-bond donors (Lipinski definition) is 0. The van der Waals surface area contributed by atoms with Crippen LogP contribution in [0.25, 0.3) is 0 Å². The lowest BCUT2D eigenvalue weighted by atomic mass is 10.00. The first-order valence-corrected chi connectivity index (χ1v) is 12.8. The van der Waals surface area contributed by atoms with E-state index in [4.69, 9.17) is 9.47 Å². The Kier molecular flexibility index (Phi) is 7.71. The van der Waals surface area contributed by atoms with Crippen LogP contribution >= 0.6 is 11.3 Å². The lowest BCUT2D eigenvalue weighted by molar-refractivity contribution is -0.143. The van der Waals surface area contributed by atoms with Gasteiger partial charge in [0.1, 0.15) is 12.4 Å². The van der Waals surface area contributed by atoms with Crippen LogP contribution in [0.2, 0.25) is 0 Å². The lowest BCUT2D eigenvalue weighted by Gasteiger charge is -2.37. The first kappa shape index (κ1) is 23.8. The third-order valence-electron chi connectivity index (χ3n) is 6.57. The molecule has 33 heavy (non-hydrogen) atoms. The van der Waals surface area contributed by atoms with Crippen LogP contribution in [0.5, 0.6) is 5.75 Å². The fraction of sp³-hybridized carbons (Fsp3) is 0.538. The van der Waals surface area contributed by atoms with Crippen LogP contribution in [0, 0.1) is 13.8 Å². The van der Waals surface area contributed by atoms with Crippen LogP contribution in [0.3, 0.4) is 0 Å². The summed E-state index contributed by atoms with van der Waals surface area (Å²) in [5, 5.41) is 2.09. The molecule has 3 heterocycles. The number of rotatable bonds is 8. The van der Waals surface area contributed by atoms with Gasteiger partial charge in [-0.3, -0.25) is 9.59 Å². The van der Waals surface area contributed by atoms with Crippen molar-refractivity contribution in [3.63, 3.8) is 0 Å². The molecular formula is C26H34N2O4S. The summed E-state index contributed by atoms with van der Waals surface area (Å²) in [7, 11) is 0. The molecule has 0 saturated carbocycles. The van der Waals surface area contributed by atoms with Crippen molar-refractivity contribution < 1.29 is 19.1 Å². The minimum Gasteiger partial charge on any atom is -0.491 e. The van der Waals surface area contributed by atoms with Gasteiger partial charge in [0.05, 0.1) is 18.7 Å². The van der Waals surface area contributed by atoms with Crippen LogP contribution < -0.4 is 4.74 Å². The smallest absolute Gasteiger partial charge is 0.242 e. The molecule has 1 saturated heterocycles. The molecule has 0 bridgehead atoms. The Labute approximate surface area is 200 Å². The summed E-state index contributed by atoms with van der Waals surface area (Å²) < 4.78 is 12.0. The molecule has 2 aliphatic rings. The second-order valence-corrected chi connectivity index (χ2v) is 10.00. The van der Waals surface area contributed by atoms with Crippen molar-refractivity contribution in [1.82, 2.24) is 9.80 Å². The van der Waals surface area contributed by atoms with Gasteiger partial charge >= 0.3 is 0 Å². The average Bonchev–Trinajstić information content (AvgIpc) is 3.49. The quantitative estimate of drug-likeness (QED) is 0.578. The SMILES string of the molecule is CCC(=O)N(CC(=O)N1CCc2sccc2[C@@H]1COc1ccc(C)cc1C)C[C@@H]1CCCO1. The predicted molar refractivity (Wildman–Crippen MR) is 130 cm³/mol. The predicted octanol–water partition coefficient (Wildman–Crippen LogP) is 4.29. The monoisotopic (exact) mass is 470 g/mol. The van der Waals surface area contributed by atoms with Crippen LogP contribution in [-0.2, 0) is 20.7 Å². The molecule has 178 valence electrons. The summed E-state index contributed by atoms with van der Waals surface area (Å²) in [4.78, 5) is 31.0. The van der Waals surface area contributed by atoms with Gasteiger partial charge in [-0.2, -0.15) is 0 Å². The summed E-state index contributed by atoms with van der Waals surface area (Å²) in [6, 6.07) is 8.10. The van der Waals surface area contributed by atoms with Crippen molar-refractivity contribution in [3.05, 3.63) is 51.2 Å². The van der Waals surface area contributed by atoms with Crippen molar-refractivity contribution in [2.24, 2.45) is 0 Å². The lowest BCUT2D eigenvalue weighted by Crippen LogP contribution is -2.49. The number of aryl methyl sites for hydroxylation is 2. The number of nitrogens with zero attached hydrogens (tertiary/aromatic N) is 2. The maximum Gasteiger partial charge on any atom is 0.242 e. The molecular weight excluding hydrogens is 436 g/mol. The molecule has 7 heteroatoms. The van der Waals surface area contributed by atoms with Gasteiger partial charge in [-0.15, -0.1) is 11.3 Å². The Morgan fingerprint density at radius 2 is 2.12 bits per heavy atom. The van der Waals surface area contributed by atoms with Gasteiger partial charge in [0.25, 0.3) is 0 Å². The van der Waals surface area contributed by atoms with Crippen molar-refractivity contribution in [2.75, 3.05) is 32.8 Å². The van der Waals surface area contributed by atoms with Gasteiger partial charge in [0.2, 0.25) is 11.8 Å². The second kappa shape index (κ2) is 10.7. The summed E-state index contributed by atoms with van der Waals surface area (Å²) in [6.07, 6.45) is 3.20. The third-order valence-corrected chi connectivity index (χ3v) is 7.57. The Balaban J connectivity index is 1.49. The molecule has 2 amide bonds. The van der Waals surface area contributed by atoms with Gasteiger partial charge in [-0.25, -0.2) is 0 Å². The van der Waals surface area contributed by atoms with E-state index in [1.807, 2.05) is 30.9 Å². The molecule has 1 aromatic heterocycles. The number of amides is 2. The van der Waals surface area contributed by atoms with E-state index < -0.39 is 0 Å². The summed E-state index contributed by atoms with van der Waals surface area (Å²) in [5.74, 6) is 0.813. The summed E-state index contributed by atoms with van der Waals surface area (Å²) in [6.45, 7) is 8.30. The third kappa shape index (κ3) is 5.58. The molecule has 2 atom stereocenters. The standard InChI is InChI=1S/C26H34N2O4S/c1-4-25(29)27(15-20-6-5-12-31-20)16-26(30)28-11-9-24-21(10-13-33-24)22(28)17-32-23-8-7-18(2)14-19(23)3/h7-8,10,13-14,20,22H,4-6,9,11-12,15-17H2,1-3H3/t20-,22-/m0/s1. The largest absolute Gasteiger partial charge is 0.491 e. The molecule has 0 unspecified atom stereocenters. The van der Waals surface area contributed by atoms with Crippen LogP contribution in [-0.4, -0.2) is 60.6 Å². The average molecular weight is 471 g/mol. The normalized spacial score (nSPS) is 19.9. The highest BCUT2D eigenvalue weighted by molar-refractivity contribution is 7.10. The van der Waals surface area contributed by atoms with Gasteiger partial charge in [-0.1, -0.05) is 24.6 Å². The maximum atomic E-state index is 13.5. The number of benzene rings is 1. The van der Waals surface area contributed by atoms with E-state index in [9.17, 15) is 9.59 Å². The van der Waals surface area contributed by atoms with E-state index in [1.54, 1.807) is 16.2 Å². The van der Waals surface area contributed by atoms with E-state index >= 15 is 0 Å². The van der Waals surface area contributed by atoms with Crippen LogP contribution in [0.1, 0.15) is 53.8 Å². The first-order valence-electron chi connectivity index (χ1n) is 11.9. The number of carbonyl (C=O) groups excluding carboxylic acids is 2. The van der Waals surface area contributed by atoms with Crippen molar-refractivity contribution in [2.45, 2.75) is 58.6 Å². The number of ether oxygens (including phenoxy) is 2. The minimum absolute atomic E-state index is 0.00448. The Bertz CT molecular complexity index is 982. The Morgan fingerprint density at radius 1 is 1.27 bits per heavy atom. The molecule has 0 radical (unpaired) electrons.